The average molecular weight is 534 g/mol. The molecule has 200 valence electrons. The molecule has 1 fully saturated rings. The minimum absolute atomic E-state index is 0.399. The molecule has 0 radical (unpaired) electrons. The summed E-state index contributed by atoms with van der Waals surface area (Å²) in [5.41, 5.74) is 7.19. The van der Waals surface area contributed by atoms with Crippen molar-refractivity contribution in [1.82, 2.24) is 9.13 Å². The van der Waals surface area contributed by atoms with Crippen molar-refractivity contribution < 1.29 is 9.31 Å². The second-order valence-corrected chi connectivity index (χ2v) is 12.1. The quantitative estimate of drug-likeness (QED) is 0.214. The minimum atomic E-state index is -0.426. The van der Waals surface area contributed by atoms with E-state index in [2.05, 4.69) is 152 Å². The van der Waals surface area contributed by atoms with Crippen molar-refractivity contribution in [2.45, 2.75) is 38.9 Å². The van der Waals surface area contributed by atoms with Crippen LogP contribution in [0.25, 0.3) is 55.0 Å². The molecule has 0 bridgehead atoms. The second kappa shape index (κ2) is 8.59. The molecule has 0 spiro atoms. The normalized spacial score (nSPS) is 16.4. The first kappa shape index (κ1) is 24.5. The third-order valence-corrected chi connectivity index (χ3v) is 9.15. The fourth-order valence-corrected chi connectivity index (χ4v) is 6.42. The molecule has 8 rings (SSSR count). The molecular weight excluding hydrogens is 503 g/mol. The molecule has 0 atom stereocenters. The van der Waals surface area contributed by atoms with Crippen LogP contribution in [0.3, 0.4) is 0 Å². The molecule has 1 aliphatic rings. The molecule has 5 heteroatoms. The predicted molar refractivity (Wildman–Crippen MR) is 171 cm³/mol. The highest BCUT2D eigenvalue weighted by atomic mass is 16.7. The van der Waals surface area contributed by atoms with Crippen molar-refractivity contribution in [3.8, 4) is 11.4 Å². The van der Waals surface area contributed by atoms with Gasteiger partial charge in [0, 0.05) is 27.2 Å². The van der Waals surface area contributed by atoms with Crippen LogP contribution in [0.1, 0.15) is 27.7 Å². The third-order valence-electron chi connectivity index (χ3n) is 9.15. The van der Waals surface area contributed by atoms with Crippen LogP contribution in [-0.2, 0) is 9.31 Å². The van der Waals surface area contributed by atoms with E-state index in [4.69, 9.17) is 9.31 Å². The maximum absolute atomic E-state index is 6.44. The SMILES string of the molecule is CC1(C)OB(c2cccc(-n3c4ccccc4c4cccc(-n5c6ccccc6c6ccccc65)c43)c2)OC1(C)C. The number of para-hydroxylation sites is 4. The van der Waals surface area contributed by atoms with Gasteiger partial charge in [-0.1, -0.05) is 78.9 Å². The van der Waals surface area contributed by atoms with Gasteiger partial charge in [-0.15, -0.1) is 0 Å². The van der Waals surface area contributed by atoms with Gasteiger partial charge in [0.25, 0.3) is 0 Å². The Morgan fingerprint density at radius 3 is 1.61 bits per heavy atom. The van der Waals surface area contributed by atoms with E-state index in [1.807, 2.05) is 0 Å². The van der Waals surface area contributed by atoms with E-state index in [-0.39, 0.29) is 0 Å². The summed E-state index contributed by atoms with van der Waals surface area (Å²) in [6, 6.07) is 41.4. The zero-order valence-electron chi connectivity index (χ0n) is 23.8. The van der Waals surface area contributed by atoms with E-state index < -0.39 is 18.3 Å². The monoisotopic (exact) mass is 534 g/mol. The molecule has 4 nitrogen and oxygen atoms in total. The van der Waals surface area contributed by atoms with Gasteiger partial charge in [-0.25, -0.2) is 0 Å². The van der Waals surface area contributed by atoms with Crippen LogP contribution in [0, 0.1) is 0 Å². The molecule has 1 saturated heterocycles. The molecule has 7 aromatic rings. The predicted octanol–water partition coefficient (Wildman–Crippen LogP) is 8.18. The number of aromatic nitrogens is 2. The lowest BCUT2D eigenvalue weighted by Crippen LogP contribution is -2.41. The molecule has 3 heterocycles. The molecule has 1 aliphatic heterocycles. The fourth-order valence-electron chi connectivity index (χ4n) is 6.42. The van der Waals surface area contributed by atoms with Crippen LogP contribution in [0.4, 0.5) is 0 Å². The molecule has 0 N–H and O–H groups in total. The number of nitrogens with zero attached hydrogens (tertiary/aromatic N) is 2. The molecule has 0 saturated carbocycles. The first-order chi connectivity index (χ1) is 19.8. The number of hydrogen-bond acceptors (Lipinski definition) is 2. The molecule has 5 aromatic carbocycles. The first-order valence-electron chi connectivity index (χ1n) is 14.3. The van der Waals surface area contributed by atoms with E-state index >= 15 is 0 Å². The Kier molecular flexibility index (Phi) is 5.13. The highest BCUT2D eigenvalue weighted by Crippen LogP contribution is 2.40. The summed E-state index contributed by atoms with van der Waals surface area (Å²) >= 11 is 0. The lowest BCUT2D eigenvalue weighted by Gasteiger charge is -2.32. The summed E-state index contributed by atoms with van der Waals surface area (Å²) in [5.74, 6) is 0. The number of hydrogen-bond donors (Lipinski definition) is 0. The fraction of sp³-hybridized carbons (Fsp3) is 0.167. The smallest absolute Gasteiger partial charge is 0.399 e. The molecule has 0 amide bonds. The maximum atomic E-state index is 6.44. The summed E-state index contributed by atoms with van der Waals surface area (Å²) in [4.78, 5) is 0. The third kappa shape index (κ3) is 3.49. The number of benzene rings is 5. The van der Waals surface area contributed by atoms with Crippen LogP contribution in [-0.4, -0.2) is 27.5 Å². The van der Waals surface area contributed by atoms with Crippen molar-refractivity contribution in [2.75, 3.05) is 0 Å². The van der Waals surface area contributed by atoms with E-state index in [1.54, 1.807) is 0 Å². The summed E-state index contributed by atoms with van der Waals surface area (Å²) in [7, 11) is -0.426. The standard InChI is InChI=1S/C36H31BN2O2/c1-35(2)36(3,4)41-37(40-35)24-13-11-14-25(23-24)38-30-19-8-7-17-28(30)29-18-12-22-33(34(29)38)39-31-20-9-5-15-26(31)27-16-6-10-21-32(27)39/h5-23H,1-4H3. The van der Waals surface area contributed by atoms with Gasteiger partial charge in [0.05, 0.1) is 39.0 Å². The van der Waals surface area contributed by atoms with Crippen LogP contribution < -0.4 is 5.46 Å². The lowest BCUT2D eigenvalue weighted by atomic mass is 9.79. The van der Waals surface area contributed by atoms with Crippen molar-refractivity contribution in [3.63, 3.8) is 0 Å². The summed E-state index contributed by atoms with van der Waals surface area (Å²) < 4.78 is 17.7. The Morgan fingerprint density at radius 2 is 1.00 bits per heavy atom. The largest absolute Gasteiger partial charge is 0.494 e. The topological polar surface area (TPSA) is 28.3 Å². The zero-order valence-corrected chi connectivity index (χ0v) is 23.8. The maximum Gasteiger partial charge on any atom is 0.494 e. The van der Waals surface area contributed by atoms with Gasteiger partial charge in [-0.05, 0) is 69.6 Å². The zero-order chi connectivity index (χ0) is 27.9. The van der Waals surface area contributed by atoms with Gasteiger partial charge in [-0.2, -0.15) is 0 Å². The van der Waals surface area contributed by atoms with Crippen LogP contribution >= 0.6 is 0 Å². The number of rotatable bonds is 3. The number of fused-ring (bicyclic) bond motifs is 6. The highest BCUT2D eigenvalue weighted by Gasteiger charge is 2.51. The van der Waals surface area contributed by atoms with E-state index in [1.165, 1.54) is 43.6 Å². The minimum Gasteiger partial charge on any atom is -0.399 e. The highest BCUT2D eigenvalue weighted by molar-refractivity contribution is 6.62. The Morgan fingerprint density at radius 1 is 0.512 bits per heavy atom. The molecule has 2 aromatic heterocycles. The van der Waals surface area contributed by atoms with Crippen LogP contribution in [0.15, 0.2) is 115 Å². The van der Waals surface area contributed by atoms with E-state index in [9.17, 15) is 0 Å². The van der Waals surface area contributed by atoms with Crippen molar-refractivity contribution in [1.29, 1.82) is 0 Å². The Balaban J connectivity index is 1.43. The van der Waals surface area contributed by atoms with E-state index in [0.717, 1.165) is 16.8 Å². The van der Waals surface area contributed by atoms with Crippen molar-refractivity contribution in [2.24, 2.45) is 0 Å². The summed E-state index contributed by atoms with van der Waals surface area (Å²) in [6.07, 6.45) is 0. The molecule has 0 aliphatic carbocycles. The van der Waals surface area contributed by atoms with Gasteiger partial charge >= 0.3 is 7.12 Å². The van der Waals surface area contributed by atoms with Gasteiger partial charge in [0.2, 0.25) is 0 Å². The average Bonchev–Trinajstić information content (AvgIpc) is 3.57. The van der Waals surface area contributed by atoms with Crippen molar-refractivity contribution >= 4 is 56.2 Å². The Labute approximate surface area is 239 Å². The summed E-state index contributed by atoms with van der Waals surface area (Å²) in [5, 5.41) is 4.96. The first-order valence-corrected chi connectivity index (χ1v) is 14.3. The second-order valence-electron chi connectivity index (χ2n) is 12.1. The van der Waals surface area contributed by atoms with Crippen molar-refractivity contribution in [3.05, 3.63) is 115 Å². The van der Waals surface area contributed by atoms with Gasteiger partial charge in [0.1, 0.15) is 0 Å². The van der Waals surface area contributed by atoms with Crippen LogP contribution in [0.2, 0.25) is 0 Å². The Hall–Kier alpha value is -4.32. The van der Waals surface area contributed by atoms with Gasteiger partial charge < -0.3 is 18.4 Å². The summed E-state index contributed by atoms with van der Waals surface area (Å²) in [6.45, 7) is 8.40. The molecule has 41 heavy (non-hydrogen) atoms. The van der Waals surface area contributed by atoms with E-state index in [0.29, 0.717) is 0 Å². The van der Waals surface area contributed by atoms with Gasteiger partial charge in [-0.3, -0.25) is 0 Å². The van der Waals surface area contributed by atoms with Gasteiger partial charge in [0.15, 0.2) is 0 Å². The Bertz CT molecular complexity index is 2070. The molecule has 0 unspecified atom stereocenters. The lowest BCUT2D eigenvalue weighted by molar-refractivity contribution is 0.00578. The molecular formula is C36H31BN2O2. The van der Waals surface area contributed by atoms with Crippen LogP contribution in [0.5, 0.6) is 0 Å².